The monoisotopic (exact) mass is 465 g/mol. The van der Waals surface area contributed by atoms with Gasteiger partial charge in [-0.2, -0.15) is 0 Å². The van der Waals surface area contributed by atoms with Crippen molar-refractivity contribution in [2.24, 2.45) is 0 Å². The van der Waals surface area contributed by atoms with E-state index in [1.165, 1.54) is 12.1 Å². The standard InChI is InChI=1S/C23H13Cl2N3O4/c24-12-1-4-16(25)15(9-12)19-5-6-21(31-19)22(30)27-13-2-3-14(18(29)10-13)23-28-17-11-26-8-7-20(17)32-23/h1-11,29H,(H,27,30). The van der Waals surface area contributed by atoms with E-state index in [4.69, 9.17) is 32.0 Å². The summed E-state index contributed by atoms with van der Waals surface area (Å²) in [4.78, 5) is 20.9. The molecule has 0 aliphatic heterocycles. The quantitative estimate of drug-likeness (QED) is 0.317. The Hall–Kier alpha value is -3.81. The average Bonchev–Trinajstić information content (AvgIpc) is 3.43. The van der Waals surface area contributed by atoms with Crippen LogP contribution in [0.4, 0.5) is 5.69 Å². The van der Waals surface area contributed by atoms with Crippen LogP contribution in [0.15, 0.2) is 75.8 Å². The molecule has 2 N–H and O–H groups in total. The molecular weight excluding hydrogens is 453 g/mol. The molecule has 2 aromatic carbocycles. The van der Waals surface area contributed by atoms with Gasteiger partial charge < -0.3 is 19.3 Å². The summed E-state index contributed by atoms with van der Waals surface area (Å²) in [5.41, 5.74) is 2.46. The highest BCUT2D eigenvalue weighted by atomic mass is 35.5. The van der Waals surface area contributed by atoms with Gasteiger partial charge in [0.05, 0.1) is 16.8 Å². The van der Waals surface area contributed by atoms with Crippen LogP contribution in [0.25, 0.3) is 33.9 Å². The number of aromatic hydroxyl groups is 1. The molecule has 3 aromatic heterocycles. The van der Waals surface area contributed by atoms with Crippen LogP contribution in [0.2, 0.25) is 10.0 Å². The lowest BCUT2D eigenvalue weighted by molar-refractivity contribution is 0.0997. The number of furan rings is 1. The summed E-state index contributed by atoms with van der Waals surface area (Å²) >= 11 is 12.2. The minimum Gasteiger partial charge on any atom is -0.507 e. The second kappa shape index (κ2) is 8.03. The highest BCUT2D eigenvalue weighted by molar-refractivity contribution is 6.35. The van der Waals surface area contributed by atoms with Crippen molar-refractivity contribution < 1.29 is 18.7 Å². The third-order valence-electron chi connectivity index (χ3n) is 4.70. The molecule has 3 heterocycles. The van der Waals surface area contributed by atoms with E-state index in [1.54, 1.807) is 54.9 Å². The van der Waals surface area contributed by atoms with E-state index in [9.17, 15) is 9.90 Å². The molecule has 32 heavy (non-hydrogen) atoms. The van der Waals surface area contributed by atoms with Crippen molar-refractivity contribution in [1.29, 1.82) is 0 Å². The number of amides is 1. The van der Waals surface area contributed by atoms with Gasteiger partial charge in [-0.05, 0) is 42.5 Å². The number of hydrogen-bond acceptors (Lipinski definition) is 6. The Balaban J connectivity index is 1.36. The Morgan fingerprint density at radius 2 is 1.84 bits per heavy atom. The molecular formula is C23H13Cl2N3O4. The number of phenols is 1. The van der Waals surface area contributed by atoms with Crippen LogP contribution in [0.1, 0.15) is 10.6 Å². The fraction of sp³-hybridized carbons (Fsp3) is 0. The van der Waals surface area contributed by atoms with Gasteiger partial charge in [-0.3, -0.25) is 9.78 Å². The predicted molar refractivity (Wildman–Crippen MR) is 121 cm³/mol. The zero-order valence-electron chi connectivity index (χ0n) is 16.2. The lowest BCUT2D eigenvalue weighted by Gasteiger charge is -2.06. The third-order valence-corrected chi connectivity index (χ3v) is 5.26. The number of hydrogen-bond donors (Lipinski definition) is 2. The number of phenolic OH excluding ortho intramolecular Hbond substituents is 1. The minimum atomic E-state index is -0.491. The Kier molecular flexibility index (Phi) is 5.05. The first-order chi connectivity index (χ1) is 15.5. The normalized spacial score (nSPS) is 11.1. The van der Waals surface area contributed by atoms with Crippen molar-refractivity contribution in [3.05, 3.63) is 82.8 Å². The van der Waals surface area contributed by atoms with E-state index in [1.807, 2.05) is 0 Å². The average molecular weight is 466 g/mol. The van der Waals surface area contributed by atoms with Crippen LogP contribution < -0.4 is 5.32 Å². The van der Waals surface area contributed by atoms with Gasteiger partial charge in [-0.1, -0.05) is 23.2 Å². The topological polar surface area (TPSA) is 101 Å². The molecule has 9 heteroatoms. The van der Waals surface area contributed by atoms with Gasteiger partial charge >= 0.3 is 0 Å². The number of carbonyl (C=O) groups excluding carboxylic acids is 1. The molecule has 1 amide bonds. The summed E-state index contributed by atoms with van der Waals surface area (Å²) < 4.78 is 11.3. The molecule has 7 nitrogen and oxygen atoms in total. The summed E-state index contributed by atoms with van der Waals surface area (Å²) in [6.07, 6.45) is 3.17. The molecule has 0 saturated carbocycles. The molecule has 0 saturated heterocycles. The number of rotatable bonds is 4. The van der Waals surface area contributed by atoms with E-state index in [0.29, 0.717) is 43.7 Å². The number of nitrogens with one attached hydrogen (secondary N) is 1. The molecule has 0 radical (unpaired) electrons. The molecule has 0 bridgehead atoms. The number of oxazole rings is 1. The number of pyridine rings is 1. The smallest absolute Gasteiger partial charge is 0.291 e. The van der Waals surface area contributed by atoms with E-state index in [0.717, 1.165) is 0 Å². The third kappa shape index (κ3) is 3.79. The molecule has 0 unspecified atom stereocenters. The van der Waals surface area contributed by atoms with Gasteiger partial charge in [-0.25, -0.2) is 4.98 Å². The fourth-order valence-electron chi connectivity index (χ4n) is 3.17. The molecule has 0 aliphatic carbocycles. The van der Waals surface area contributed by atoms with E-state index in [2.05, 4.69) is 15.3 Å². The molecule has 0 atom stereocenters. The van der Waals surface area contributed by atoms with Crippen molar-refractivity contribution in [1.82, 2.24) is 9.97 Å². The predicted octanol–water partition coefficient (Wildman–Crippen LogP) is 6.41. The summed E-state index contributed by atoms with van der Waals surface area (Å²) in [6.45, 7) is 0. The number of benzene rings is 2. The number of halogens is 2. The Labute approximate surface area is 191 Å². The van der Waals surface area contributed by atoms with Crippen molar-refractivity contribution in [2.45, 2.75) is 0 Å². The first kappa shape index (κ1) is 20.1. The second-order valence-electron chi connectivity index (χ2n) is 6.84. The largest absolute Gasteiger partial charge is 0.507 e. The first-order valence-electron chi connectivity index (χ1n) is 9.38. The van der Waals surface area contributed by atoms with Crippen LogP contribution in [0.5, 0.6) is 5.75 Å². The molecule has 0 spiro atoms. The number of carbonyl (C=O) groups is 1. The van der Waals surface area contributed by atoms with Gasteiger partial charge in [0, 0.05) is 34.6 Å². The highest BCUT2D eigenvalue weighted by Crippen LogP contribution is 2.34. The van der Waals surface area contributed by atoms with Crippen LogP contribution in [-0.2, 0) is 0 Å². The van der Waals surface area contributed by atoms with Gasteiger partial charge in [-0.15, -0.1) is 0 Å². The first-order valence-corrected chi connectivity index (χ1v) is 10.1. The number of nitrogens with zero attached hydrogens (tertiary/aromatic N) is 2. The Morgan fingerprint density at radius 1 is 0.969 bits per heavy atom. The zero-order chi connectivity index (χ0) is 22.2. The number of anilines is 1. The van der Waals surface area contributed by atoms with Gasteiger partial charge in [0.1, 0.15) is 17.0 Å². The summed E-state index contributed by atoms with van der Waals surface area (Å²) in [5, 5.41) is 14.1. The Morgan fingerprint density at radius 3 is 2.66 bits per heavy atom. The van der Waals surface area contributed by atoms with Crippen molar-refractivity contribution in [2.75, 3.05) is 5.32 Å². The molecule has 0 fully saturated rings. The van der Waals surface area contributed by atoms with Gasteiger partial charge in [0.2, 0.25) is 5.89 Å². The lowest BCUT2D eigenvalue weighted by atomic mass is 10.1. The maximum atomic E-state index is 12.6. The van der Waals surface area contributed by atoms with Crippen molar-refractivity contribution >= 4 is 45.9 Å². The van der Waals surface area contributed by atoms with Crippen LogP contribution in [-0.4, -0.2) is 21.0 Å². The van der Waals surface area contributed by atoms with E-state index in [-0.39, 0.29) is 17.4 Å². The lowest BCUT2D eigenvalue weighted by Crippen LogP contribution is -2.10. The van der Waals surface area contributed by atoms with Crippen molar-refractivity contribution in [3.8, 4) is 28.5 Å². The highest BCUT2D eigenvalue weighted by Gasteiger charge is 2.17. The van der Waals surface area contributed by atoms with E-state index < -0.39 is 5.91 Å². The SMILES string of the molecule is O=C(Nc1ccc(-c2nc3cnccc3o2)c(O)c1)c1ccc(-c2cc(Cl)ccc2Cl)o1. The maximum absolute atomic E-state index is 12.6. The van der Waals surface area contributed by atoms with E-state index >= 15 is 0 Å². The Bertz CT molecular complexity index is 1440. The molecule has 158 valence electrons. The summed E-state index contributed by atoms with van der Waals surface area (Å²) in [6, 6.07) is 14.4. The summed E-state index contributed by atoms with van der Waals surface area (Å²) in [7, 11) is 0. The maximum Gasteiger partial charge on any atom is 0.291 e. The van der Waals surface area contributed by atoms with Gasteiger partial charge in [0.15, 0.2) is 11.3 Å². The van der Waals surface area contributed by atoms with Crippen LogP contribution in [0.3, 0.4) is 0 Å². The zero-order valence-corrected chi connectivity index (χ0v) is 17.7. The fourth-order valence-corrected chi connectivity index (χ4v) is 3.55. The van der Waals surface area contributed by atoms with Crippen LogP contribution in [0, 0.1) is 0 Å². The molecule has 5 aromatic rings. The van der Waals surface area contributed by atoms with Crippen LogP contribution >= 0.6 is 23.2 Å². The molecule has 0 aliphatic rings. The molecule has 5 rings (SSSR count). The number of aromatic nitrogens is 2. The van der Waals surface area contributed by atoms with Gasteiger partial charge in [0.25, 0.3) is 5.91 Å². The summed E-state index contributed by atoms with van der Waals surface area (Å²) in [5.74, 6) is 0.137. The number of fused-ring (bicyclic) bond motifs is 1. The van der Waals surface area contributed by atoms with Crippen molar-refractivity contribution in [3.63, 3.8) is 0 Å². The minimum absolute atomic E-state index is 0.0751. The second-order valence-corrected chi connectivity index (χ2v) is 7.68.